The van der Waals surface area contributed by atoms with Gasteiger partial charge in [-0.15, -0.1) is 0 Å². The van der Waals surface area contributed by atoms with Gasteiger partial charge in [0.1, 0.15) is 0 Å². The van der Waals surface area contributed by atoms with Crippen LogP contribution in [0.15, 0.2) is 0 Å². The lowest BCUT2D eigenvalue weighted by Gasteiger charge is -2.64. The first kappa shape index (κ1) is 73.7. The lowest BCUT2D eigenvalue weighted by Crippen LogP contribution is -2.88. The topological polar surface area (TPSA) is 212 Å². The molecule has 1 aliphatic rings. The van der Waals surface area contributed by atoms with Crippen LogP contribution in [0, 0.1) is 5.41 Å². The highest BCUT2D eigenvalue weighted by Gasteiger charge is 2.93. The minimum Gasteiger partial charge on any atom is -0.450 e. The van der Waals surface area contributed by atoms with Gasteiger partial charge < -0.3 is 28.4 Å². The quantitative estimate of drug-likeness (QED) is 0.0197. The summed E-state index contributed by atoms with van der Waals surface area (Å²) in [5, 5.41) is 0. The summed E-state index contributed by atoms with van der Waals surface area (Å²) in [5.41, 5.74) is -4.59. The molecule has 79 heavy (non-hydrogen) atoms. The molecular formula is C63H114O15S. The van der Waals surface area contributed by atoms with Gasteiger partial charge >= 0.3 is 62.4 Å². The monoisotopic (exact) mass is 1140 g/mol. The number of esters is 6. The molecular weight excluding hydrogens is 1030 g/mol. The van der Waals surface area contributed by atoms with Crippen molar-refractivity contribution in [1.82, 2.24) is 0 Å². The number of unbranched alkanes of at least 4 members (excludes halogenated alkanes) is 30. The van der Waals surface area contributed by atoms with E-state index < -0.39 is 92.7 Å². The highest BCUT2D eigenvalue weighted by Crippen LogP contribution is 2.65. The zero-order valence-corrected chi connectivity index (χ0v) is 52.3. The fourth-order valence-electron chi connectivity index (χ4n) is 10.8. The van der Waals surface area contributed by atoms with Crippen molar-refractivity contribution in [2.24, 2.45) is 5.41 Å². The minimum atomic E-state index is -6.09. The molecule has 16 heteroatoms. The van der Waals surface area contributed by atoms with Crippen LogP contribution < -0.4 is 0 Å². The van der Waals surface area contributed by atoms with Crippen molar-refractivity contribution in [3.05, 3.63) is 0 Å². The maximum Gasteiger partial charge on any atom is 0.397 e. The second-order valence-corrected chi connectivity index (χ2v) is 25.1. The minimum absolute atomic E-state index is 0.176. The number of ether oxygens (including phenoxy) is 6. The highest BCUT2D eigenvalue weighted by atomic mass is 32.2. The molecule has 1 saturated carbocycles. The Hall–Kier alpha value is -3.27. The molecule has 0 bridgehead atoms. The molecule has 0 spiro atoms. The lowest BCUT2D eigenvalue weighted by atomic mass is 9.58. The number of hydrogen-bond donors (Lipinski definition) is 1. The molecule has 15 nitrogen and oxygen atoms in total. The first-order valence-corrected chi connectivity index (χ1v) is 33.4. The first-order valence-electron chi connectivity index (χ1n) is 32.0. The van der Waals surface area contributed by atoms with E-state index in [1.807, 2.05) is 0 Å². The normalized spacial score (nSPS) is 18.4. The molecule has 0 radical (unpaired) electrons. The summed E-state index contributed by atoms with van der Waals surface area (Å²) < 4.78 is 81.4. The zero-order chi connectivity index (χ0) is 59.1. The molecule has 1 aliphatic carbocycles. The standard InChI is InChI=1S/C63H114O15S/c1-10-16-22-28-34-40-46-53(64)73-60(9)59(7,8)52-61(79(70,71)72,74-54(65)47-41-35-29-23-17-11-2)63(77-57(68)50-44-38-32-26-20-14-5,78-58(69)51-45-39-33-27-21-15-6)62(60,75-55(66)48-42-36-30-24-18-12-3)76-56(67)49-43-37-31-25-19-13-4/h10-52H2,1-9H3,(H,70,71,72). The van der Waals surface area contributed by atoms with Gasteiger partial charge in [0.05, 0.1) is 0 Å². The Morgan fingerprint density at radius 1 is 0.316 bits per heavy atom. The molecule has 1 rings (SSSR count). The number of carbonyl (C=O) groups excluding carboxylic acids is 6. The van der Waals surface area contributed by atoms with Crippen molar-refractivity contribution in [2.75, 3.05) is 0 Å². The van der Waals surface area contributed by atoms with Crippen LogP contribution in [0.2, 0.25) is 0 Å². The molecule has 1 N–H and O–H groups in total. The van der Waals surface area contributed by atoms with Gasteiger partial charge in [-0.05, 0) is 45.4 Å². The van der Waals surface area contributed by atoms with E-state index in [-0.39, 0.29) is 57.8 Å². The van der Waals surface area contributed by atoms with Crippen molar-refractivity contribution >= 4 is 45.9 Å². The van der Waals surface area contributed by atoms with Gasteiger partial charge in [-0.2, -0.15) is 8.42 Å². The Morgan fingerprint density at radius 2 is 0.519 bits per heavy atom. The van der Waals surface area contributed by atoms with Crippen LogP contribution in [0.4, 0.5) is 0 Å². The molecule has 0 saturated heterocycles. The molecule has 2 unspecified atom stereocenters. The van der Waals surface area contributed by atoms with Crippen molar-refractivity contribution < 1.29 is 70.2 Å². The molecule has 0 amide bonds. The lowest BCUT2D eigenvalue weighted by molar-refractivity contribution is -0.463. The van der Waals surface area contributed by atoms with Crippen molar-refractivity contribution in [3.63, 3.8) is 0 Å². The maximum absolute atomic E-state index is 15.1. The Labute approximate surface area is 480 Å². The van der Waals surface area contributed by atoms with E-state index in [1.165, 1.54) is 20.8 Å². The molecule has 1 fully saturated rings. The molecule has 0 aromatic carbocycles. The van der Waals surface area contributed by atoms with Gasteiger partial charge in [-0.3, -0.25) is 33.3 Å². The molecule has 0 aromatic heterocycles. The van der Waals surface area contributed by atoms with Crippen molar-refractivity contribution in [2.45, 2.75) is 361 Å². The van der Waals surface area contributed by atoms with E-state index in [1.54, 1.807) is 0 Å². The SMILES string of the molecule is CCCCCCCCC(=O)OC1(C)C(C)(C)CC(OC(=O)CCCCCCCC)(S(=O)(=O)O)C(OC(=O)CCCCCCCC)(OC(=O)CCCCCCCC)C1(OC(=O)CCCCCCCC)OC(=O)CCCCCCCC. The Kier molecular flexibility index (Phi) is 38.1. The van der Waals surface area contributed by atoms with Crippen LogP contribution in [0.1, 0.15) is 338 Å². The predicted octanol–water partition coefficient (Wildman–Crippen LogP) is 16.9. The van der Waals surface area contributed by atoms with E-state index in [4.69, 9.17) is 28.4 Å². The second-order valence-electron chi connectivity index (χ2n) is 23.5. The van der Waals surface area contributed by atoms with Gasteiger partial charge in [0.25, 0.3) is 0 Å². The van der Waals surface area contributed by atoms with Crippen molar-refractivity contribution in [1.29, 1.82) is 0 Å². The summed E-state index contributed by atoms with van der Waals surface area (Å²) in [6, 6.07) is 0. The van der Waals surface area contributed by atoms with Crippen LogP contribution in [0.3, 0.4) is 0 Å². The Bertz CT molecular complexity index is 1770. The molecule has 0 aromatic rings. The van der Waals surface area contributed by atoms with Gasteiger partial charge in [-0.1, -0.05) is 248 Å². The molecule has 0 aliphatic heterocycles. The fraction of sp³-hybridized carbons (Fsp3) is 0.905. The summed E-state index contributed by atoms with van der Waals surface area (Å²) >= 11 is 0. The van der Waals surface area contributed by atoms with E-state index in [0.29, 0.717) is 44.9 Å². The van der Waals surface area contributed by atoms with E-state index in [9.17, 15) is 14.1 Å². The van der Waals surface area contributed by atoms with Gasteiger partial charge in [-0.25, -0.2) is 0 Å². The number of hydrogen-bond acceptors (Lipinski definition) is 14. The third-order valence-electron chi connectivity index (χ3n) is 16.0. The first-order chi connectivity index (χ1) is 37.7. The number of carbonyl (C=O) groups is 6. The third kappa shape index (κ3) is 25.0. The van der Waals surface area contributed by atoms with Crippen molar-refractivity contribution in [3.8, 4) is 0 Å². The fourth-order valence-corrected chi connectivity index (χ4v) is 12.1. The summed E-state index contributed by atoms with van der Waals surface area (Å²) in [5.74, 6) is -14.1. The Morgan fingerprint density at radius 3 is 0.759 bits per heavy atom. The summed E-state index contributed by atoms with van der Waals surface area (Å²) in [7, 11) is -6.09. The van der Waals surface area contributed by atoms with Crippen LogP contribution in [0.25, 0.3) is 0 Å². The van der Waals surface area contributed by atoms with E-state index >= 15 is 27.6 Å². The second kappa shape index (κ2) is 40.8. The average molecular weight is 1140 g/mol. The number of rotatable bonds is 49. The summed E-state index contributed by atoms with van der Waals surface area (Å²) in [6.45, 7) is 16.6. The third-order valence-corrected chi connectivity index (χ3v) is 17.3. The zero-order valence-electron chi connectivity index (χ0n) is 51.5. The maximum atomic E-state index is 15.1. The molecule has 0 heterocycles. The smallest absolute Gasteiger partial charge is 0.397 e. The van der Waals surface area contributed by atoms with E-state index in [2.05, 4.69) is 41.5 Å². The van der Waals surface area contributed by atoms with Crippen LogP contribution in [0.5, 0.6) is 0 Å². The van der Waals surface area contributed by atoms with Gasteiger partial charge in [0.2, 0.25) is 0 Å². The summed E-state index contributed by atoms with van der Waals surface area (Å²) in [4.78, 5) is 85.8. The predicted molar refractivity (Wildman–Crippen MR) is 311 cm³/mol. The Balaban J connectivity index is 4.75. The summed E-state index contributed by atoms with van der Waals surface area (Å²) in [6.07, 6.45) is 23.7. The largest absolute Gasteiger partial charge is 0.450 e. The van der Waals surface area contributed by atoms with Crippen LogP contribution >= 0.6 is 0 Å². The molecule has 462 valence electrons. The van der Waals surface area contributed by atoms with Crippen LogP contribution in [-0.4, -0.2) is 70.9 Å². The average Bonchev–Trinajstić information content (AvgIpc) is 2.24. The van der Waals surface area contributed by atoms with Crippen LogP contribution in [-0.2, 0) is 67.3 Å². The van der Waals surface area contributed by atoms with Gasteiger partial charge in [0, 0.05) is 50.4 Å². The highest BCUT2D eigenvalue weighted by molar-refractivity contribution is 7.87. The van der Waals surface area contributed by atoms with Gasteiger partial charge in [0.15, 0.2) is 5.60 Å². The molecule has 2 atom stereocenters. The van der Waals surface area contributed by atoms with E-state index in [0.717, 1.165) is 154 Å².